The zero-order chi connectivity index (χ0) is 23.5. The Morgan fingerprint density at radius 1 is 1.03 bits per heavy atom. The predicted octanol–water partition coefficient (Wildman–Crippen LogP) is 5.26. The summed E-state index contributed by atoms with van der Waals surface area (Å²) in [4.78, 5) is 17.3. The number of nitrogens with zero attached hydrogens (tertiary/aromatic N) is 3. The van der Waals surface area contributed by atoms with Crippen LogP contribution in [0.15, 0.2) is 48.5 Å². The zero-order valence-corrected chi connectivity index (χ0v) is 19.7. The monoisotopic (exact) mass is 464 g/mol. The summed E-state index contributed by atoms with van der Waals surface area (Å²) < 4.78 is 12.4. The number of nitrogens with one attached hydrogen (secondary N) is 1. The fraction of sp³-hybridized carbons (Fsp3) is 0.240. The van der Waals surface area contributed by atoms with E-state index in [-0.39, 0.29) is 5.91 Å². The maximum absolute atomic E-state index is 12.6. The SMILES string of the molecule is COc1ccc(NC(=O)CCc2c(C)nc3cc(-c4ccc(Cl)cc4)nn3c2C)cc1OC. The van der Waals surface area contributed by atoms with Gasteiger partial charge in [-0.25, -0.2) is 9.50 Å². The van der Waals surface area contributed by atoms with Crippen molar-refractivity contribution in [2.45, 2.75) is 26.7 Å². The molecule has 0 spiro atoms. The lowest BCUT2D eigenvalue weighted by atomic mass is 10.1. The fourth-order valence-electron chi connectivity index (χ4n) is 3.83. The molecule has 0 fully saturated rings. The smallest absolute Gasteiger partial charge is 0.224 e. The van der Waals surface area contributed by atoms with Crippen LogP contribution in [0.5, 0.6) is 11.5 Å². The number of methoxy groups -OCH3 is 2. The summed E-state index contributed by atoms with van der Waals surface area (Å²) in [6.45, 7) is 3.96. The molecule has 0 atom stereocenters. The van der Waals surface area contributed by atoms with Crippen LogP contribution in [0.2, 0.25) is 5.02 Å². The number of halogens is 1. The fourth-order valence-corrected chi connectivity index (χ4v) is 3.95. The van der Waals surface area contributed by atoms with E-state index >= 15 is 0 Å². The third-order valence-electron chi connectivity index (χ3n) is 5.57. The first-order valence-electron chi connectivity index (χ1n) is 10.5. The minimum absolute atomic E-state index is 0.0940. The molecule has 2 aromatic heterocycles. The van der Waals surface area contributed by atoms with Gasteiger partial charge in [-0.3, -0.25) is 4.79 Å². The van der Waals surface area contributed by atoms with Crippen molar-refractivity contribution in [2.75, 3.05) is 19.5 Å². The van der Waals surface area contributed by atoms with Crippen LogP contribution in [-0.4, -0.2) is 34.7 Å². The average Bonchev–Trinajstić information content (AvgIpc) is 3.23. The Kier molecular flexibility index (Phi) is 6.51. The summed E-state index contributed by atoms with van der Waals surface area (Å²) in [7, 11) is 3.13. The molecule has 0 radical (unpaired) electrons. The van der Waals surface area contributed by atoms with Gasteiger partial charge in [-0.05, 0) is 50.1 Å². The summed E-state index contributed by atoms with van der Waals surface area (Å²) in [6.07, 6.45) is 0.865. The third kappa shape index (κ3) is 4.78. The number of anilines is 1. The number of benzene rings is 2. The highest BCUT2D eigenvalue weighted by atomic mass is 35.5. The molecular weight excluding hydrogens is 440 g/mol. The van der Waals surface area contributed by atoms with Crippen LogP contribution in [0.4, 0.5) is 5.69 Å². The van der Waals surface area contributed by atoms with Gasteiger partial charge in [0.1, 0.15) is 0 Å². The highest BCUT2D eigenvalue weighted by molar-refractivity contribution is 6.30. The lowest BCUT2D eigenvalue weighted by Gasteiger charge is -2.12. The summed E-state index contributed by atoms with van der Waals surface area (Å²) in [5.41, 5.74) is 6.09. The molecule has 0 aliphatic carbocycles. The predicted molar refractivity (Wildman–Crippen MR) is 129 cm³/mol. The number of aromatic nitrogens is 3. The third-order valence-corrected chi connectivity index (χ3v) is 5.83. The number of amides is 1. The molecule has 4 aromatic rings. The molecule has 33 heavy (non-hydrogen) atoms. The van der Waals surface area contributed by atoms with E-state index in [9.17, 15) is 4.79 Å². The minimum Gasteiger partial charge on any atom is -0.493 e. The van der Waals surface area contributed by atoms with Crippen LogP contribution in [0.1, 0.15) is 23.4 Å². The van der Waals surface area contributed by atoms with Crippen molar-refractivity contribution in [1.29, 1.82) is 0 Å². The van der Waals surface area contributed by atoms with Crippen molar-refractivity contribution < 1.29 is 14.3 Å². The van der Waals surface area contributed by atoms with E-state index in [1.807, 2.05) is 48.7 Å². The normalized spacial score (nSPS) is 10.9. The van der Waals surface area contributed by atoms with E-state index < -0.39 is 0 Å². The van der Waals surface area contributed by atoms with E-state index in [4.69, 9.17) is 31.2 Å². The van der Waals surface area contributed by atoms with Gasteiger partial charge in [-0.1, -0.05) is 23.7 Å². The molecule has 2 heterocycles. The Hall–Kier alpha value is -3.58. The van der Waals surface area contributed by atoms with Crippen molar-refractivity contribution >= 4 is 28.8 Å². The summed E-state index contributed by atoms with van der Waals surface area (Å²) in [5.74, 6) is 1.08. The molecule has 0 aliphatic rings. The zero-order valence-electron chi connectivity index (χ0n) is 19.0. The number of hydrogen-bond donors (Lipinski definition) is 1. The van der Waals surface area contributed by atoms with E-state index in [2.05, 4.69) is 5.32 Å². The highest BCUT2D eigenvalue weighted by Gasteiger charge is 2.15. The molecule has 7 nitrogen and oxygen atoms in total. The van der Waals surface area contributed by atoms with Crippen LogP contribution >= 0.6 is 11.6 Å². The maximum atomic E-state index is 12.6. The molecule has 0 saturated carbocycles. The molecule has 0 aliphatic heterocycles. The standard InChI is InChI=1S/C25H25ClN4O3/c1-15-20(10-12-25(31)28-19-9-11-22(32-3)23(13-19)33-4)16(2)30-24(27-15)14-21(29-30)17-5-7-18(26)8-6-17/h5-9,11,13-14H,10,12H2,1-4H3,(H,28,31). The summed E-state index contributed by atoms with van der Waals surface area (Å²) in [5, 5.41) is 8.33. The van der Waals surface area contributed by atoms with Gasteiger partial charge in [0, 0.05) is 46.2 Å². The van der Waals surface area contributed by atoms with E-state index in [1.165, 1.54) is 0 Å². The van der Waals surface area contributed by atoms with Gasteiger partial charge in [0.25, 0.3) is 0 Å². The molecule has 4 rings (SSSR count). The van der Waals surface area contributed by atoms with Crippen molar-refractivity contribution in [3.63, 3.8) is 0 Å². The number of carbonyl (C=O) groups is 1. The van der Waals surface area contributed by atoms with Crippen molar-refractivity contribution in [3.05, 3.63) is 70.5 Å². The molecule has 170 valence electrons. The quantitative estimate of drug-likeness (QED) is 0.404. The highest BCUT2D eigenvalue weighted by Crippen LogP contribution is 2.30. The van der Waals surface area contributed by atoms with Gasteiger partial charge in [0.2, 0.25) is 5.91 Å². The van der Waals surface area contributed by atoms with Crippen molar-refractivity contribution in [3.8, 4) is 22.8 Å². The first kappa shape index (κ1) is 22.6. The van der Waals surface area contributed by atoms with Crippen LogP contribution in [0.25, 0.3) is 16.9 Å². The van der Waals surface area contributed by atoms with E-state index in [0.717, 1.165) is 33.9 Å². The Bertz CT molecular complexity index is 1320. The van der Waals surface area contributed by atoms with Crippen LogP contribution < -0.4 is 14.8 Å². The second-order valence-electron chi connectivity index (χ2n) is 7.69. The molecule has 8 heteroatoms. The average molecular weight is 465 g/mol. The number of rotatable bonds is 7. The second-order valence-corrected chi connectivity index (χ2v) is 8.12. The van der Waals surface area contributed by atoms with Gasteiger partial charge in [-0.2, -0.15) is 5.10 Å². The Balaban J connectivity index is 1.51. The molecule has 1 N–H and O–H groups in total. The van der Waals surface area contributed by atoms with E-state index in [1.54, 1.807) is 32.4 Å². The van der Waals surface area contributed by atoms with Crippen molar-refractivity contribution in [1.82, 2.24) is 14.6 Å². The molecule has 1 amide bonds. The minimum atomic E-state index is -0.0940. The van der Waals surface area contributed by atoms with Gasteiger partial charge in [0.15, 0.2) is 17.1 Å². The largest absolute Gasteiger partial charge is 0.493 e. The molecule has 0 saturated heterocycles. The van der Waals surface area contributed by atoms with Gasteiger partial charge in [0.05, 0.1) is 19.9 Å². The maximum Gasteiger partial charge on any atom is 0.224 e. The summed E-state index contributed by atoms with van der Waals surface area (Å²) >= 11 is 6.00. The Labute approximate surface area is 197 Å². The first-order chi connectivity index (χ1) is 15.9. The number of ether oxygens (including phenoxy) is 2. The van der Waals surface area contributed by atoms with Crippen LogP contribution in [-0.2, 0) is 11.2 Å². The first-order valence-corrected chi connectivity index (χ1v) is 10.9. The Morgan fingerprint density at radius 3 is 2.45 bits per heavy atom. The van der Waals surface area contributed by atoms with Gasteiger partial charge in [-0.15, -0.1) is 0 Å². The number of hydrogen-bond acceptors (Lipinski definition) is 5. The second kappa shape index (κ2) is 9.50. The number of fused-ring (bicyclic) bond motifs is 1. The summed E-state index contributed by atoms with van der Waals surface area (Å²) in [6, 6.07) is 14.8. The molecule has 0 bridgehead atoms. The lowest BCUT2D eigenvalue weighted by Crippen LogP contribution is -2.14. The van der Waals surface area contributed by atoms with Crippen LogP contribution in [0.3, 0.4) is 0 Å². The van der Waals surface area contributed by atoms with Crippen molar-refractivity contribution in [2.24, 2.45) is 0 Å². The van der Waals surface area contributed by atoms with Gasteiger partial charge >= 0.3 is 0 Å². The van der Waals surface area contributed by atoms with Crippen LogP contribution in [0, 0.1) is 13.8 Å². The number of carbonyl (C=O) groups excluding carboxylic acids is 1. The van der Waals surface area contributed by atoms with E-state index in [0.29, 0.717) is 35.1 Å². The molecular formula is C25H25ClN4O3. The lowest BCUT2D eigenvalue weighted by molar-refractivity contribution is -0.116. The Morgan fingerprint density at radius 2 is 1.76 bits per heavy atom. The van der Waals surface area contributed by atoms with Gasteiger partial charge < -0.3 is 14.8 Å². The molecule has 2 aromatic carbocycles. The topological polar surface area (TPSA) is 77.8 Å². The molecule has 0 unspecified atom stereocenters. The number of aryl methyl sites for hydroxylation is 2.